The molecule has 0 heterocycles. The number of carbonyl (C=O) groups is 2. The molecule has 2 amide bonds. The summed E-state index contributed by atoms with van der Waals surface area (Å²) in [6.45, 7) is 6.45. The van der Waals surface area contributed by atoms with Gasteiger partial charge in [-0.1, -0.05) is 32.0 Å². The van der Waals surface area contributed by atoms with Crippen molar-refractivity contribution in [3.8, 4) is 0 Å². The molecule has 1 rings (SSSR count). The van der Waals surface area contributed by atoms with E-state index in [-0.39, 0.29) is 5.91 Å². The van der Waals surface area contributed by atoms with Crippen LogP contribution >= 0.6 is 0 Å². The van der Waals surface area contributed by atoms with E-state index in [2.05, 4.69) is 23.9 Å². The van der Waals surface area contributed by atoms with Crippen LogP contribution in [-0.2, 0) is 9.53 Å². The highest BCUT2D eigenvalue weighted by Gasteiger charge is 2.16. The number of ether oxygens (including phenoxy) is 1. The number of hydrogen-bond acceptors (Lipinski definition) is 3. The van der Waals surface area contributed by atoms with Crippen LogP contribution in [0.15, 0.2) is 24.3 Å². The molecular formula is C15H22N2O3. The van der Waals surface area contributed by atoms with Crippen LogP contribution in [0.25, 0.3) is 0 Å². The highest BCUT2D eigenvalue weighted by atomic mass is 16.5. The topological polar surface area (TPSA) is 58.6 Å². The second-order valence-corrected chi connectivity index (χ2v) is 4.80. The number of amides is 2. The molecule has 110 valence electrons. The Labute approximate surface area is 119 Å². The van der Waals surface area contributed by atoms with Gasteiger partial charge in [-0.2, -0.15) is 0 Å². The van der Waals surface area contributed by atoms with Gasteiger partial charge in [0.25, 0.3) is 0 Å². The number of rotatable bonds is 5. The number of para-hydroxylation sites is 1. The molecule has 1 aromatic carbocycles. The lowest BCUT2D eigenvalue weighted by Gasteiger charge is -2.25. The lowest BCUT2D eigenvalue weighted by Crippen LogP contribution is -2.38. The maximum Gasteiger partial charge on any atom is 0.406 e. The second kappa shape index (κ2) is 7.53. The first-order valence-corrected chi connectivity index (χ1v) is 6.66. The average Bonchev–Trinajstić information content (AvgIpc) is 2.42. The van der Waals surface area contributed by atoms with E-state index in [0.717, 1.165) is 11.3 Å². The van der Waals surface area contributed by atoms with E-state index in [9.17, 15) is 9.59 Å². The molecule has 5 heteroatoms. The first kappa shape index (κ1) is 16.0. The van der Waals surface area contributed by atoms with E-state index in [1.807, 2.05) is 24.3 Å². The van der Waals surface area contributed by atoms with Gasteiger partial charge in [-0.25, -0.2) is 4.79 Å². The van der Waals surface area contributed by atoms with Crippen LogP contribution in [0, 0.1) is 0 Å². The summed E-state index contributed by atoms with van der Waals surface area (Å²) in [7, 11) is 1.31. The van der Waals surface area contributed by atoms with Crippen molar-refractivity contribution < 1.29 is 14.3 Å². The molecule has 0 fully saturated rings. The van der Waals surface area contributed by atoms with Gasteiger partial charge < -0.3 is 15.0 Å². The molecule has 0 atom stereocenters. The Kier molecular flexibility index (Phi) is 6.03. The summed E-state index contributed by atoms with van der Waals surface area (Å²) in [6, 6.07) is 7.81. The maximum absolute atomic E-state index is 11.8. The van der Waals surface area contributed by atoms with Crippen molar-refractivity contribution in [2.45, 2.75) is 26.7 Å². The van der Waals surface area contributed by atoms with Gasteiger partial charge in [0, 0.05) is 25.7 Å². The summed E-state index contributed by atoms with van der Waals surface area (Å²) in [5.41, 5.74) is 2.00. The summed E-state index contributed by atoms with van der Waals surface area (Å²) in [4.78, 5) is 24.6. The Bertz CT molecular complexity index is 472. The SMILES string of the molecule is COC(=O)NCCN(C(C)=O)c1ccccc1C(C)C. The number of nitrogens with one attached hydrogen (secondary N) is 1. The molecule has 0 aliphatic heterocycles. The highest BCUT2D eigenvalue weighted by Crippen LogP contribution is 2.27. The van der Waals surface area contributed by atoms with E-state index < -0.39 is 6.09 Å². The quantitative estimate of drug-likeness (QED) is 0.900. The zero-order chi connectivity index (χ0) is 15.1. The van der Waals surface area contributed by atoms with Crippen molar-refractivity contribution in [3.05, 3.63) is 29.8 Å². The Morgan fingerprint density at radius 2 is 1.95 bits per heavy atom. The molecule has 0 radical (unpaired) electrons. The number of anilines is 1. The Morgan fingerprint density at radius 3 is 2.50 bits per heavy atom. The molecule has 1 aromatic rings. The molecule has 0 saturated heterocycles. The van der Waals surface area contributed by atoms with E-state index in [0.29, 0.717) is 19.0 Å². The first-order chi connectivity index (χ1) is 9.47. The van der Waals surface area contributed by atoms with Crippen LogP contribution in [0.1, 0.15) is 32.3 Å². The van der Waals surface area contributed by atoms with E-state index >= 15 is 0 Å². The van der Waals surface area contributed by atoms with Crippen LogP contribution in [0.4, 0.5) is 10.5 Å². The molecule has 1 N–H and O–H groups in total. The minimum atomic E-state index is -0.495. The third-order valence-corrected chi connectivity index (χ3v) is 3.02. The number of alkyl carbamates (subject to hydrolysis) is 1. The molecule has 0 bridgehead atoms. The molecule has 0 aliphatic carbocycles. The monoisotopic (exact) mass is 278 g/mol. The third-order valence-electron chi connectivity index (χ3n) is 3.02. The predicted octanol–water partition coefficient (Wildman–Crippen LogP) is 2.52. The van der Waals surface area contributed by atoms with E-state index in [4.69, 9.17) is 0 Å². The number of benzene rings is 1. The van der Waals surface area contributed by atoms with Crippen molar-refractivity contribution in [1.82, 2.24) is 5.32 Å². The normalized spacial score (nSPS) is 10.2. The molecule has 0 spiro atoms. The Hall–Kier alpha value is -2.04. The minimum Gasteiger partial charge on any atom is -0.453 e. The summed E-state index contributed by atoms with van der Waals surface area (Å²) >= 11 is 0. The highest BCUT2D eigenvalue weighted by molar-refractivity contribution is 5.92. The number of carbonyl (C=O) groups excluding carboxylic acids is 2. The summed E-state index contributed by atoms with van der Waals surface area (Å²) in [5.74, 6) is 0.270. The lowest BCUT2D eigenvalue weighted by molar-refractivity contribution is -0.116. The fraction of sp³-hybridized carbons (Fsp3) is 0.467. The molecule has 0 unspecified atom stereocenters. The van der Waals surface area contributed by atoms with Crippen molar-refractivity contribution >= 4 is 17.7 Å². The van der Waals surface area contributed by atoms with Crippen LogP contribution in [0.2, 0.25) is 0 Å². The largest absolute Gasteiger partial charge is 0.453 e. The Balaban J connectivity index is 2.86. The van der Waals surface area contributed by atoms with Crippen LogP contribution in [0.3, 0.4) is 0 Å². The zero-order valence-electron chi connectivity index (χ0n) is 12.5. The third kappa shape index (κ3) is 4.26. The molecule has 5 nitrogen and oxygen atoms in total. The summed E-state index contributed by atoms with van der Waals surface area (Å²) in [6.07, 6.45) is -0.495. The van der Waals surface area contributed by atoms with Crippen LogP contribution in [0.5, 0.6) is 0 Å². The second-order valence-electron chi connectivity index (χ2n) is 4.80. The molecule has 0 saturated carbocycles. The van der Waals surface area contributed by atoms with E-state index in [1.165, 1.54) is 14.0 Å². The van der Waals surface area contributed by atoms with Gasteiger partial charge in [-0.05, 0) is 17.5 Å². The fourth-order valence-corrected chi connectivity index (χ4v) is 2.01. The van der Waals surface area contributed by atoms with Gasteiger partial charge >= 0.3 is 6.09 Å². The molecule has 20 heavy (non-hydrogen) atoms. The number of nitrogens with zero attached hydrogens (tertiary/aromatic N) is 1. The van der Waals surface area contributed by atoms with Gasteiger partial charge in [0.05, 0.1) is 7.11 Å². The molecular weight excluding hydrogens is 256 g/mol. The van der Waals surface area contributed by atoms with Crippen LogP contribution in [-0.4, -0.2) is 32.2 Å². The Morgan fingerprint density at radius 1 is 1.30 bits per heavy atom. The van der Waals surface area contributed by atoms with Crippen molar-refractivity contribution in [1.29, 1.82) is 0 Å². The van der Waals surface area contributed by atoms with Crippen molar-refractivity contribution in [3.63, 3.8) is 0 Å². The minimum absolute atomic E-state index is 0.0511. The first-order valence-electron chi connectivity index (χ1n) is 6.66. The van der Waals surface area contributed by atoms with Gasteiger partial charge in [-0.15, -0.1) is 0 Å². The van der Waals surface area contributed by atoms with Gasteiger partial charge in [0.15, 0.2) is 0 Å². The molecule has 0 aliphatic rings. The summed E-state index contributed by atoms with van der Waals surface area (Å²) < 4.78 is 4.51. The smallest absolute Gasteiger partial charge is 0.406 e. The fourth-order valence-electron chi connectivity index (χ4n) is 2.01. The predicted molar refractivity (Wildman–Crippen MR) is 79.0 cm³/mol. The summed E-state index contributed by atoms with van der Waals surface area (Å²) in [5, 5.41) is 2.58. The maximum atomic E-state index is 11.8. The standard InChI is InChI=1S/C15H22N2O3/c1-11(2)13-7-5-6-8-14(13)17(12(3)18)10-9-16-15(19)20-4/h5-8,11H,9-10H2,1-4H3,(H,16,19). The van der Waals surface area contributed by atoms with Crippen molar-refractivity contribution in [2.24, 2.45) is 0 Å². The van der Waals surface area contributed by atoms with Crippen LogP contribution < -0.4 is 10.2 Å². The van der Waals surface area contributed by atoms with E-state index in [1.54, 1.807) is 4.90 Å². The van der Waals surface area contributed by atoms with Gasteiger partial charge in [-0.3, -0.25) is 4.79 Å². The van der Waals surface area contributed by atoms with Crippen molar-refractivity contribution in [2.75, 3.05) is 25.1 Å². The zero-order valence-corrected chi connectivity index (χ0v) is 12.5. The lowest BCUT2D eigenvalue weighted by atomic mass is 10.0. The van der Waals surface area contributed by atoms with Gasteiger partial charge in [0.1, 0.15) is 0 Å². The molecule has 0 aromatic heterocycles. The number of methoxy groups -OCH3 is 1. The number of hydrogen-bond donors (Lipinski definition) is 1. The average molecular weight is 278 g/mol. The van der Waals surface area contributed by atoms with Gasteiger partial charge in [0.2, 0.25) is 5.91 Å².